The first kappa shape index (κ1) is 12.9. The minimum Gasteiger partial charge on any atom is -0.368 e. The van der Waals surface area contributed by atoms with Crippen LogP contribution < -0.4 is 5.73 Å². The van der Waals surface area contributed by atoms with Crippen LogP contribution in [0.5, 0.6) is 0 Å². The second-order valence-corrected chi connectivity index (χ2v) is 6.06. The van der Waals surface area contributed by atoms with Gasteiger partial charge in [0.25, 0.3) is 0 Å². The normalized spacial score (nSPS) is 17.8. The summed E-state index contributed by atoms with van der Waals surface area (Å²) < 4.78 is 0.913. The van der Waals surface area contributed by atoms with Crippen LogP contribution in [0.3, 0.4) is 0 Å². The van der Waals surface area contributed by atoms with E-state index in [-0.39, 0.29) is 0 Å². The lowest BCUT2D eigenvalue weighted by atomic mass is 10.3. The number of aliphatic imine (C=N–C) groups is 1. The molecule has 3 rings (SSSR count). The molecular weight excluding hydrogens is 296 g/mol. The highest BCUT2D eigenvalue weighted by molar-refractivity contribution is 8.15. The molecular formula is C11H8N6OS2. The number of hydrogen-bond donors (Lipinski definition) is 1. The predicted octanol–water partition coefficient (Wildman–Crippen LogP) is 2.59. The number of hydrogen-bond acceptors (Lipinski definition) is 6. The fourth-order valence-corrected chi connectivity index (χ4v) is 3.87. The number of primary amides is 1. The van der Waals surface area contributed by atoms with Gasteiger partial charge in [-0.15, -0.1) is 23.1 Å². The van der Waals surface area contributed by atoms with Gasteiger partial charge in [-0.1, -0.05) is 11.2 Å². The van der Waals surface area contributed by atoms with E-state index in [9.17, 15) is 4.79 Å². The molecule has 9 heteroatoms. The van der Waals surface area contributed by atoms with Crippen LogP contribution in [-0.2, 0) is 4.79 Å². The van der Waals surface area contributed by atoms with E-state index in [1.54, 1.807) is 18.2 Å². The standard InChI is InChI=1S/C11H8N6OS2/c12-9(18)7-4-19-10(15-7)11-14-6-2-1-5(16-17-13)3-8(6)20-11/h1-3,7H,4H2,(H2,12,18). The summed E-state index contributed by atoms with van der Waals surface area (Å²) in [5, 5.41) is 5.05. The van der Waals surface area contributed by atoms with E-state index in [0.29, 0.717) is 11.4 Å². The highest BCUT2D eigenvalue weighted by Crippen LogP contribution is 2.31. The van der Waals surface area contributed by atoms with Crippen molar-refractivity contribution in [2.45, 2.75) is 6.04 Å². The topological polar surface area (TPSA) is 117 Å². The smallest absolute Gasteiger partial charge is 0.243 e. The number of nitrogens with two attached hydrogens (primary N) is 1. The van der Waals surface area contributed by atoms with Crippen LogP contribution in [-0.4, -0.2) is 27.7 Å². The number of thioether (sulfide) groups is 1. The Bertz CT molecular complexity index is 776. The SMILES string of the molecule is [N-]=[N+]=Nc1ccc2nc(C3=NC(C(N)=O)CS3)sc2c1. The molecule has 100 valence electrons. The van der Waals surface area contributed by atoms with E-state index in [2.05, 4.69) is 20.0 Å². The molecule has 1 aliphatic rings. The summed E-state index contributed by atoms with van der Waals surface area (Å²) in [6.07, 6.45) is 0. The summed E-state index contributed by atoms with van der Waals surface area (Å²) in [7, 11) is 0. The maximum Gasteiger partial charge on any atom is 0.243 e. The molecule has 1 aliphatic heterocycles. The number of rotatable bonds is 3. The third kappa shape index (κ3) is 2.34. The van der Waals surface area contributed by atoms with Crippen molar-refractivity contribution in [3.05, 3.63) is 33.6 Å². The Labute approximate surface area is 121 Å². The molecule has 2 heterocycles. The second-order valence-electron chi connectivity index (χ2n) is 4.02. The van der Waals surface area contributed by atoms with Crippen LogP contribution in [0.25, 0.3) is 20.7 Å². The summed E-state index contributed by atoms with van der Waals surface area (Å²) in [6, 6.07) is 4.81. The zero-order valence-corrected chi connectivity index (χ0v) is 11.7. The summed E-state index contributed by atoms with van der Waals surface area (Å²) in [6.45, 7) is 0. The van der Waals surface area contributed by atoms with Crippen molar-refractivity contribution in [3.8, 4) is 0 Å². The van der Waals surface area contributed by atoms with Crippen molar-refractivity contribution in [1.29, 1.82) is 0 Å². The molecule has 0 radical (unpaired) electrons. The molecule has 1 atom stereocenters. The van der Waals surface area contributed by atoms with Crippen molar-refractivity contribution in [2.24, 2.45) is 15.8 Å². The molecule has 0 aliphatic carbocycles. The molecule has 1 unspecified atom stereocenters. The quantitative estimate of drug-likeness (QED) is 0.533. The zero-order chi connectivity index (χ0) is 14.1. The van der Waals surface area contributed by atoms with Crippen LogP contribution in [0.2, 0.25) is 0 Å². The number of carbonyl (C=O) groups excluding carboxylic acids is 1. The van der Waals surface area contributed by atoms with Gasteiger partial charge in [0.2, 0.25) is 5.91 Å². The van der Waals surface area contributed by atoms with Crippen LogP contribution in [0.1, 0.15) is 5.01 Å². The molecule has 1 amide bonds. The van der Waals surface area contributed by atoms with Gasteiger partial charge in [0.05, 0.1) is 10.2 Å². The monoisotopic (exact) mass is 304 g/mol. The van der Waals surface area contributed by atoms with Crippen molar-refractivity contribution >= 4 is 50.0 Å². The Morgan fingerprint density at radius 1 is 1.55 bits per heavy atom. The molecule has 0 spiro atoms. The minimum atomic E-state index is -0.472. The van der Waals surface area contributed by atoms with Gasteiger partial charge in [-0.25, -0.2) is 4.98 Å². The Morgan fingerprint density at radius 2 is 2.40 bits per heavy atom. The lowest BCUT2D eigenvalue weighted by Crippen LogP contribution is -2.26. The highest BCUT2D eigenvalue weighted by Gasteiger charge is 2.25. The van der Waals surface area contributed by atoms with E-state index in [4.69, 9.17) is 11.3 Å². The van der Waals surface area contributed by atoms with Crippen LogP contribution >= 0.6 is 23.1 Å². The third-order valence-electron chi connectivity index (χ3n) is 2.69. The maximum absolute atomic E-state index is 11.1. The molecule has 1 aromatic carbocycles. The fraction of sp³-hybridized carbons (Fsp3) is 0.182. The molecule has 0 bridgehead atoms. The van der Waals surface area contributed by atoms with Gasteiger partial charge in [-0.2, -0.15) is 0 Å². The average molecular weight is 304 g/mol. The van der Waals surface area contributed by atoms with Gasteiger partial charge in [0.15, 0.2) is 0 Å². The third-order valence-corrected chi connectivity index (χ3v) is 4.90. The van der Waals surface area contributed by atoms with E-state index >= 15 is 0 Å². The Morgan fingerprint density at radius 3 is 3.10 bits per heavy atom. The second kappa shape index (κ2) is 5.12. The number of fused-ring (bicyclic) bond motifs is 1. The fourth-order valence-electron chi connectivity index (χ4n) is 1.76. The number of azide groups is 1. The van der Waals surface area contributed by atoms with E-state index < -0.39 is 11.9 Å². The molecule has 0 fully saturated rings. The predicted molar refractivity (Wildman–Crippen MR) is 80.4 cm³/mol. The number of benzene rings is 1. The lowest BCUT2D eigenvalue weighted by molar-refractivity contribution is -0.118. The number of aromatic nitrogens is 1. The van der Waals surface area contributed by atoms with Gasteiger partial charge < -0.3 is 5.73 Å². The van der Waals surface area contributed by atoms with E-state index in [1.165, 1.54) is 23.1 Å². The number of amides is 1. The first-order valence-corrected chi connectivity index (χ1v) is 7.43. The first-order chi connectivity index (χ1) is 9.67. The minimum absolute atomic E-state index is 0.417. The van der Waals surface area contributed by atoms with Crippen LogP contribution in [0.15, 0.2) is 28.3 Å². The van der Waals surface area contributed by atoms with Gasteiger partial charge >= 0.3 is 0 Å². The summed E-state index contributed by atoms with van der Waals surface area (Å²) in [5.41, 5.74) is 15.0. The van der Waals surface area contributed by atoms with Gasteiger partial charge in [0, 0.05) is 16.4 Å². The van der Waals surface area contributed by atoms with Crippen molar-refractivity contribution in [1.82, 2.24) is 4.98 Å². The molecule has 7 nitrogen and oxygen atoms in total. The van der Waals surface area contributed by atoms with Gasteiger partial charge in [-0.3, -0.25) is 9.79 Å². The Hall–Kier alpha value is -2.09. The lowest BCUT2D eigenvalue weighted by Gasteiger charge is -1.95. The molecule has 0 saturated carbocycles. The van der Waals surface area contributed by atoms with Gasteiger partial charge in [-0.05, 0) is 17.7 Å². The number of carbonyl (C=O) groups is 1. The zero-order valence-electron chi connectivity index (χ0n) is 10.1. The highest BCUT2D eigenvalue weighted by atomic mass is 32.2. The van der Waals surface area contributed by atoms with Crippen molar-refractivity contribution in [3.63, 3.8) is 0 Å². The first-order valence-electron chi connectivity index (χ1n) is 5.63. The number of thiazole rings is 1. The van der Waals surface area contributed by atoms with Crippen LogP contribution in [0, 0.1) is 0 Å². The Kier molecular flexibility index (Phi) is 3.31. The van der Waals surface area contributed by atoms with Crippen LogP contribution in [0.4, 0.5) is 5.69 Å². The summed E-state index contributed by atoms with van der Waals surface area (Å²) >= 11 is 2.93. The molecule has 0 saturated heterocycles. The van der Waals surface area contributed by atoms with Crippen molar-refractivity contribution in [2.75, 3.05) is 5.75 Å². The summed E-state index contributed by atoms with van der Waals surface area (Å²) in [5.74, 6) is 0.143. The molecule has 1 aromatic heterocycles. The maximum atomic E-state index is 11.1. The largest absolute Gasteiger partial charge is 0.368 e. The van der Waals surface area contributed by atoms with Crippen molar-refractivity contribution < 1.29 is 4.79 Å². The molecule has 2 aromatic rings. The summed E-state index contributed by atoms with van der Waals surface area (Å²) in [4.78, 5) is 22.6. The average Bonchev–Trinajstić information content (AvgIpc) is 3.05. The molecule has 20 heavy (non-hydrogen) atoms. The van der Waals surface area contributed by atoms with Gasteiger partial charge in [0.1, 0.15) is 16.1 Å². The number of nitrogens with zero attached hydrogens (tertiary/aromatic N) is 5. The van der Waals surface area contributed by atoms with E-state index in [0.717, 1.165) is 20.3 Å². The molecule has 2 N–H and O–H groups in total. The Balaban J connectivity index is 1.99. The van der Waals surface area contributed by atoms with E-state index in [1.807, 2.05) is 0 Å².